The van der Waals surface area contributed by atoms with Crippen molar-refractivity contribution in [1.82, 2.24) is 10.3 Å². The zero-order valence-electron chi connectivity index (χ0n) is 17.5. The van der Waals surface area contributed by atoms with E-state index in [4.69, 9.17) is 11.6 Å². The second kappa shape index (κ2) is 7.93. The number of likely N-dealkylation sites (N-methyl/N-ethyl adjacent to an activating group) is 1. The normalized spacial score (nSPS) is 18.1. The molecule has 1 aromatic heterocycles. The van der Waals surface area contributed by atoms with Gasteiger partial charge < -0.3 is 20.1 Å². The summed E-state index contributed by atoms with van der Waals surface area (Å²) in [4.78, 5) is 32.7. The summed E-state index contributed by atoms with van der Waals surface area (Å²) < 4.78 is 0. The second-order valence-electron chi connectivity index (χ2n) is 8.32. The highest BCUT2D eigenvalue weighted by Gasteiger charge is 2.37. The number of halogens is 1. The molecule has 3 aromatic rings. The predicted octanol–water partition coefficient (Wildman–Crippen LogP) is 4.13. The number of rotatable bonds is 4. The number of aromatic nitrogens is 1. The topological polar surface area (TPSA) is 68.4 Å². The summed E-state index contributed by atoms with van der Waals surface area (Å²) in [5.74, 6) is -0.0231. The van der Waals surface area contributed by atoms with E-state index in [1.165, 1.54) is 0 Å². The zero-order valence-corrected chi connectivity index (χ0v) is 18.2. The van der Waals surface area contributed by atoms with E-state index >= 15 is 0 Å². The Morgan fingerprint density at radius 2 is 2.06 bits per heavy atom. The Hall–Kier alpha value is -2.99. The van der Waals surface area contributed by atoms with Crippen molar-refractivity contribution in [2.75, 3.05) is 29.9 Å². The maximum atomic E-state index is 12.8. The highest BCUT2D eigenvalue weighted by molar-refractivity contribution is 6.31. The molecule has 3 heterocycles. The SMILES string of the molecule is CN1C(=O)[C@H]2CCCCN2c2ccc(C(=O)NCCc3c[nH]c4ccc(Cl)cc34)cc21. The van der Waals surface area contributed by atoms with Gasteiger partial charge in [-0.3, -0.25) is 9.59 Å². The number of aromatic amines is 1. The first kappa shape index (κ1) is 19.9. The summed E-state index contributed by atoms with van der Waals surface area (Å²) >= 11 is 6.12. The van der Waals surface area contributed by atoms with Crippen LogP contribution < -0.4 is 15.1 Å². The molecule has 2 aromatic carbocycles. The van der Waals surface area contributed by atoms with E-state index in [9.17, 15) is 9.59 Å². The lowest BCUT2D eigenvalue weighted by Crippen LogP contribution is -2.54. The van der Waals surface area contributed by atoms with Gasteiger partial charge in [0.1, 0.15) is 6.04 Å². The molecule has 0 spiro atoms. The number of hydrogen-bond acceptors (Lipinski definition) is 3. The lowest BCUT2D eigenvalue weighted by Gasteiger charge is -2.44. The summed E-state index contributed by atoms with van der Waals surface area (Å²) in [6, 6.07) is 11.3. The molecular formula is C24H25ClN4O2. The summed E-state index contributed by atoms with van der Waals surface area (Å²) in [6.45, 7) is 1.40. The van der Waals surface area contributed by atoms with Gasteiger partial charge >= 0.3 is 0 Å². The fourth-order valence-corrected chi connectivity index (χ4v) is 4.94. The molecule has 0 aliphatic carbocycles. The summed E-state index contributed by atoms with van der Waals surface area (Å²) in [5.41, 5.74) is 4.56. The lowest BCUT2D eigenvalue weighted by atomic mass is 9.96. The molecular weight excluding hydrogens is 412 g/mol. The Morgan fingerprint density at radius 3 is 2.94 bits per heavy atom. The number of carbonyl (C=O) groups excluding carboxylic acids is 2. The van der Waals surface area contributed by atoms with Gasteiger partial charge in [-0.05, 0) is 67.6 Å². The quantitative estimate of drug-likeness (QED) is 0.646. The van der Waals surface area contributed by atoms with Crippen molar-refractivity contribution < 1.29 is 9.59 Å². The number of piperidine rings is 1. The van der Waals surface area contributed by atoms with Gasteiger partial charge in [0.15, 0.2) is 0 Å². The molecule has 0 unspecified atom stereocenters. The molecule has 0 bridgehead atoms. The Bertz CT molecular complexity index is 1170. The standard InChI is InChI=1S/C24H25ClN4O2/c1-28-22-12-15(5-8-20(22)29-11-3-2-4-21(29)24(28)31)23(30)26-10-9-16-14-27-19-7-6-17(25)13-18(16)19/h5-8,12-14,21,27H,2-4,9-11H2,1H3,(H,26,30)/t21-/m1/s1. The van der Waals surface area contributed by atoms with Crippen LogP contribution in [0.4, 0.5) is 11.4 Å². The van der Waals surface area contributed by atoms with Crippen molar-refractivity contribution in [3.63, 3.8) is 0 Å². The molecule has 31 heavy (non-hydrogen) atoms. The number of fused-ring (bicyclic) bond motifs is 4. The van der Waals surface area contributed by atoms with Gasteiger partial charge in [0.25, 0.3) is 5.91 Å². The lowest BCUT2D eigenvalue weighted by molar-refractivity contribution is -0.120. The third-order valence-electron chi connectivity index (χ3n) is 6.44. The van der Waals surface area contributed by atoms with E-state index in [1.807, 2.05) is 42.6 Å². The van der Waals surface area contributed by atoms with Gasteiger partial charge in [0.05, 0.1) is 11.4 Å². The van der Waals surface area contributed by atoms with Gasteiger partial charge in [0.2, 0.25) is 5.91 Å². The molecule has 6 nitrogen and oxygen atoms in total. The second-order valence-corrected chi connectivity index (χ2v) is 8.75. The molecule has 1 atom stereocenters. The van der Waals surface area contributed by atoms with Crippen LogP contribution in [0.5, 0.6) is 0 Å². The van der Waals surface area contributed by atoms with E-state index in [0.29, 0.717) is 23.6 Å². The Labute approximate surface area is 186 Å². The van der Waals surface area contributed by atoms with Crippen LogP contribution in [0.1, 0.15) is 35.2 Å². The molecule has 2 amide bonds. The third-order valence-corrected chi connectivity index (χ3v) is 6.67. The molecule has 0 radical (unpaired) electrons. The number of H-pyrrole nitrogens is 1. The van der Waals surface area contributed by atoms with Gasteiger partial charge in [-0.15, -0.1) is 0 Å². The number of hydrogen-bond donors (Lipinski definition) is 2. The predicted molar refractivity (Wildman–Crippen MR) is 124 cm³/mol. The average molecular weight is 437 g/mol. The summed E-state index contributed by atoms with van der Waals surface area (Å²) in [6.07, 6.45) is 5.73. The van der Waals surface area contributed by atoms with Crippen LogP contribution in [-0.4, -0.2) is 43.0 Å². The Balaban J connectivity index is 1.30. The first-order valence-corrected chi connectivity index (χ1v) is 11.1. The molecule has 1 saturated heterocycles. The van der Waals surface area contributed by atoms with E-state index in [2.05, 4.69) is 15.2 Å². The van der Waals surface area contributed by atoms with E-state index in [0.717, 1.165) is 53.6 Å². The van der Waals surface area contributed by atoms with Crippen LogP contribution in [0.3, 0.4) is 0 Å². The van der Waals surface area contributed by atoms with Crippen molar-refractivity contribution in [3.8, 4) is 0 Å². The third kappa shape index (κ3) is 3.55. The minimum Gasteiger partial charge on any atom is -0.361 e. The van der Waals surface area contributed by atoms with Gasteiger partial charge in [-0.25, -0.2) is 0 Å². The molecule has 7 heteroatoms. The molecule has 2 aliphatic heterocycles. The van der Waals surface area contributed by atoms with Crippen molar-refractivity contribution in [3.05, 3.63) is 58.7 Å². The summed E-state index contributed by atoms with van der Waals surface area (Å²) in [5, 5.41) is 4.77. The zero-order chi connectivity index (χ0) is 21.5. The summed E-state index contributed by atoms with van der Waals surface area (Å²) in [7, 11) is 1.80. The van der Waals surface area contributed by atoms with E-state index < -0.39 is 0 Å². The van der Waals surface area contributed by atoms with Gasteiger partial charge in [0, 0.05) is 47.8 Å². The fraction of sp³-hybridized carbons (Fsp3) is 0.333. The first-order valence-electron chi connectivity index (χ1n) is 10.7. The monoisotopic (exact) mass is 436 g/mol. The van der Waals surface area contributed by atoms with Crippen molar-refractivity contribution in [2.45, 2.75) is 31.7 Å². The van der Waals surface area contributed by atoms with Gasteiger partial charge in [-0.2, -0.15) is 0 Å². The Kier molecular flexibility index (Phi) is 5.10. The largest absolute Gasteiger partial charge is 0.361 e. The van der Waals surface area contributed by atoms with Gasteiger partial charge in [-0.1, -0.05) is 11.6 Å². The highest BCUT2D eigenvalue weighted by Crippen LogP contribution is 2.39. The minimum atomic E-state index is -0.137. The highest BCUT2D eigenvalue weighted by atomic mass is 35.5. The Morgan fingerprint density at radius 1 is 1.19 bits per heavy atom. The number of carbonyl (C=O) groups is 2. The van der Waals surface area contributed by atoms with Crippen LogP contribution >= 0.6 is 11.6 Å². The maximum Gasteiger partial charge on any atom is 0.251 e. The molecule has 2 N–H and O–H groups in total. The van der Waals surface area contributed by atoms with Crippen molar-refractivity contribution in [2.24, 2.45) is 0 Å². The number of nitrogens with one attached hydrogen (secondary N) is 2. The first-order chi connectivity index (χ1) is 15.0. The van der Waals surface area contributed by atoms with E-state index in [-0.39, 0.29) is 17.9 Å². The number of nitrogens with zero attached hydrogens (tertiary/aromatic N) is 2. The number of anilines is 2. The van der Waals surface area contributed by atoms with Crippen LogP contribution in [-0.2, 0) is 11.2 Å². The number of benzene rings is 2. The molecule has 1 fully saturated rings. The average Bonchev–Trinajstić information content (AvgIpc) is 3.19. The fourth-order valence-electron chi connectivity index (χ4n) is 4.77. The smallest absolute Gasteiger partial charge is 0.251 e. The molecule has 160 valence electrons. The van der Waals surface area contributed by atoms with Crippen LogP contribution in [0.25, 0.3) is 10.9 Å². The van der Waals surface area contributed by atoms with Crippen LogP contribution in [0.2, 0.25) is 5.02 Å². The minimum absolute atomic E-state index is 0.0735. The van der Waals surface area contributed by atoms with Crippen LogP contribution in [0, 0.1) is 0 Å². The molecule has 2 aliphatic rings. The van der Waals surface area contributed by atoms with E-state index in [1.54, 1.807) is 11.9 Å². The maximum absolute atomic E-state index is 12.8. The molecule has 5 rings (SSSR count). The van der Waals surface area contributed by atoms with Crippen molar-refractivity contribution >= 4 is 45.7 Å². The van der Waals surface area contributed by atoms with Crippen molar-refractivity contribution in [1.29, 1.82) is 0 Å². The van der Waals surface area contributed by atoms with Crippen LogP contribution in [0.15, 0.2) is 42.6 Å². The molecule has 0 saturated carbocycles. The number of amides is 2.